The number of aromatic nitrogens is 4. The second kappa shape index (κ2) is 8.19. The standard InChI is InChI=1S/C16H21N5O3S/c1-3-24-13-7-4-11(8-14(13)23-2)9-17-15(22)10-25-16-18-19-20-21(16)12-5-6-12/h4,7-8,12H,3,5-6,9-10H2,1-2H3,(H,17,22). The van der Waals surface area contributed by atoms with E-state index in [4.69, 9.17) is 9.47 Å². The quantitative estimate of drug-likeness (QED) is 0.680. The largest absolute Gasteiger partial charge is 0.493 e. The minimum atomic E-state index is -0.0665. The van der Waals surface area contributed by atoms with Crippen molar-refractivity contribution in [1.82, 2.24) is 25.5 Å². The number of methoxy groups -OCH3 is 1. The lowest BCUT2D eigenvalue weighted by Crippen LogP contribution is -2.24. The molecule has 1 aromatic heterocycles. The topological polar surface area (TPSA) is 91.2 Å². The van der Waals surface area contributed by atoms with E-state index in [1.807, 2.05) is 25.1 Å². The maximum atomic E-state index is 12.1. The van der Waals surface area contributed by atoms with Crippen LogP contribution in [-0.4, -0.2) is 45.6 Å². The molecule has 1 N–H and O–H groups in total. The number of carbonyl (C=O) groups excluding carboxylic acids is 1. The first-order chi connectivity index (χ1) is 12.2. The first kappa shape index (κ1) is 17.5. The van der Waals surface area contributed by atoms with Gasteiger partial charge in [-0.2, -0.15) is 0 Å². The molecule has 1 aliphatic rings. The molecule has 0 unspecified atom stereocenters. The zero-order valence-electron chi connectivity index (χ0n) is 14.3. The van der Waals surface area contributed by atoms with Crippen LogP contribution in [0.15, 0.2) is 23.4 Å². The fourth-order valence-corrected chi connectivity index (χ4v) is 3.08. The van der Waals surface area contributed by atoms with Crippen LogP contribution in [0.3, 0.4) is 0 Å². The number of tetrazole rings is 1. The number of carbonyl (C=O) groups is 1. The highest BCUT2D eigenvalue weighted by atomic mass is 32.2. The second-order valence-electron chi connectivity index (χ2n) is 5.62. The summed E-state index contributed by atoms with van der Waals surface area (Å²) in [5.41, 5.74) is 0.946. The van der Waals surface area contributed by atoms with Gasteiger partial charge in [-0.1, -0.05) is 17.8 Å². The smallest absolute Gasteiger partial charge is 0.230 e. The molecule has 1 aromatic carbocycles. The molecule has 0 aliphatic heterocycles. The van der Waals surface area contributed by atoms with E-state index in [-0.39, 0.29) is 11.7 Å². The van der Waals surface area contributed by atoms with Gasteiger partial charge in [-0.3, -0.25) is 4.79 Å². The molecule has 25 heavy (non-hydrogen) atoms. The molecule has 3 rings (SSSR count). The Hall–Kier alpha value is -2.29. The second-order valence-corrected chi connectivity index (χ2v) is 6.56. The van der Waals surface area contributed by atoms with E-state index >= 15 is 0 Å². The number of thioether (sulfide) groups is 1. The van der Waals surface area contributed by atoms with Gasteiger partial charge in [0, 0.05) is 6.54 Å². The molecule has 134 valence electrons. The maximum Gasteiger partial charge on any atom is 0.230 e. The summed E-state index contributed by atoms with van der Waals surface area (Å²) in [6.07, 6.45) is 2.20. The summed E-state index contributed by atoms with van der Waals surface area (Å²) in [4.78, 5) is 12.1. The van der Waals surface area contributed by atoms with Gasteiger partial charge < -0.3 is 14.8 Å². The van der Waals surface area contributed by atoms with Gasteiger partial charge in [0.15, 0.2) is 11.5 Å². The summed E-state index contributed by atoms with van der Waals surface area (Å²) >= 11 is 1.35. The van der Waals surface area contributed by atoms with Crippen LogP contribution in [0.4, 0.5) is 0 Å². The Morgan fingerprint density at radius 2 is 2.24 bits per heavy atom. The van der Waals surface area contributed by atoms with E-state index in [1.165, 1.54) is 11.8 Å². The highest BCUT2D eigenvalue weighted by molar-refractivity contribution is 7.99. The fraction of sp³-hybridized carbons (Fsp3) is 0.500. The van der Waals surface area contributed by atoms with Gasteiger partial charge in [0.25, 0.3) is 0 Å². The Labute approximate surface area is 150 Å². The molecule has 1 fully saturated rings. The lowest BCUT2D eigenvalue weighted by atomic mass is 10.2. The van der Waals surface area contributed by atoms with Gasteiger partial charge in [-0.05, 0) is 47.9 Å². The third-order valence-corrected chi connectivity index (χ3v) is 4.64. The average molecular weight is 363 g/mol. The SMILES string of the molecule is CCOc1ccc(CNC(=O)CSc2nnnn2C2CC2)cc1OC. The molecule has 1 amide bonds. The molecule has 2 aromatic rings. The third-order valence-electron chi connectivity index (χ3n) is 3.71. The molecular formula is C16H21N5O3S. The van der Waals surface area contributed by atoms with Crippen LogP contribution in [0.1, 0.15) is 31.4 Å². The minimum Gasteiger partial charge on any atom is -0.493 e. The molecule has 0 radical (unpaired) electrons. The summed E-state index contributed by atoms with van der Waals surface area (Å²) in [5, 5.41) is 15.2. The molecule has 0 atom stereocenters. The Morgan fingerprint density at radius 3 is 2.96 bits per heavy atom. The first-order valence-corrected chi connectivity index (χ1v) is 9.17. The molecule has 9 heteroatoms. The number of hydrogen-bond acceptors (Lipinski definition) is 7. The molecule has 8 nitrogen and oxygen atoms in total. The summed E-state index contributed by atoms with van der Waals surface area (Å²) in [6.45, 7) is 2.92. The van der Waals surface area contributed by atoms with E-state index in [0.717, 1.165) is 18.4 Å². The highest BCUT2D eigenvalue weighted by Crippen LogP contribution is 2.36. The molecule has 0 spiro atoms. The predicted octanol–water partition coefficient (Wildman–Crippen LogP) is 1.82. The number of nitrogens with one attached hydrogen (secondary N) is 1. The van der Waals surface area contributed by atoms with Crippen molar-refractivity contribution in [3.05, 3.63) is 23.8 Å². The van der Waals surface area contributed by atoms with Crippen LogP contribution in [0, 0.1) is 0 Å². The zero-order valence-corrected chi connectivity index (χ0v) is 15.1. The predicted molar refractivity (Wildman–Crippen MR) is 92.8 cm³/mol. The van der Waals surface area contributed by atoms with Gasteiger partial charge >= 0.3 is 0 Å². The summed E-state index contributed by atoms with van der Waals surface area (Å²) in [5.74, 6) is 1.57. The Kier molecular flexibility index (Phi) is 5.75. The van der Waals surface area contributed by atoms with Gasteiger partial charge in [-0.25, -0.2) is 4.68 Å². The molecule has 1 saturated carbocycles. The number of nitrogens with zero attached hydrogens (tertiary/aromatic N) is 4. The van der Waals surface area contributed by atoms with E-state index in [2.05, 4.69) is 20.8 Å². The van der Waals surface area contributed by atoms with Crippen molar-refractivity contribution in [3.63, 3.8) is 0 Å². The van der Waals surface area contributed by atoms with Gasteiger partial charge in [-0.15, -0.1) is 5.10 Å². The van der Waals surface area contributed by atoms with E-state index in [9.17, 15) is 4.79 Å². The zero-order chi connectivity index (χ0) is 17.6. The van der Waals surface area contributed by atoms with Crippen molar-refractivity contribution in [1.29, 1.82) is 0 Å². The van der Waals surface area contributed by atoms with Crippen molar-refractivity contribution >= 4 is 17.7 Å². The van der Waals surface area contributed by atoms with Crippen molar-refractivity contribution in [3.8, 4) is 11.5 Å². The number of amides is 1. The number of rotatable bonds is 9. The fourth-order valence-electron chi connectivity index (χ4n) is 2.31. The summed E-state index contributed by atoms with van der Waals surface area (Å²) < 4.78 is 12.6. The number of ether oxygens (including phenoxy) is 2. The van der Waals surface area contributed by atoms with E-state index < -0.39 is 0 Å². The van der Waals surface area contributed by atoms with Gasteiger partial charge in [0.1, 0.15) is 0 Å². The van der Waals surface area contributed by atoms with Crippen molar-refractivity contribution in [2.24, 2.45) is 0 Å². The highest BCUT2D eigenvalue weighted by Gasteiger charge is 2.28. The Bertz CT molecular complexity index is 732. The van der Waals surface area contributed by atoms with Crippen molar-refractivity contribution in [2.45, 2.75) is 37.5 Å². The van der Waals surface area contributed by atoms with Gasteiger partial charge in [0.05, 0.1) is 25.5 Å². The van der Waals surface area contributed by atoms with E-state index in [1.54, 1.807) is 11.8 Å². The summed E-state index contributed by atoms with van der Waals surface area (Å²) in [7, 11) is 1.60. The van der Waals surface area contributed by atoms with Crippen LogP contribution in [0.25, 0.3) is 0 Å². The summed E-state index contributed by atoms with van der Waals surface area (Å²) in [6, 6.07) is 6.03. The Balaban J connectivity index is 1.49. The number of hydrogen-bond donors (Lipinski definition) is 1. The Morgan fingerprint density at radius 1 is 1.40 bits per heavy atom. The van der Waals surface area contributed by atoms with Crippen LogP contribution in [0.5, 0.6) is 11.5 Å². The first-order valence-electron chi connectivity index (χ1n) is 8.18. The van der Waals surface area contributed by atoms with Crippen molar-refractivity contribution in [2.75, 3.05) is 19.5 Å². The lowest BCUT2D eigenvalue weighted by molar-refractivity contribution is -0.118. The van der Waals surface area contributed by atoms with Crippen LogP contribution in [-0.2, 0) is 11.3 Å². The lowest BCUT2D eigenvalue weighted by Gasteiger charge is -2.11. The average Bonchev–Trinajstić information content (AvgIpc) is 3.37. The van der Waals surface area contributed by atoms with Crippen LogP contribution in [0.2, 0.25) is 0 Å². The maximum absolute atomic E-state index is 12.1. The molecule has 0 bridgehead atoms. The molecular weight excluding hydrogens is 342 g/mol. The van der Waals surface area contributed by atoms with Crippen molar-refractivity contribution < 1.29 is 14.3 Å². The molecule has 1 heterocycles. The minimum absolute atomic E-state index is 0.0665. The van der Waals surface area contributed by atoms with Gasteiger partial charge in [0.2, 0.25) is 11.1 Å². The molecule has 1 aliphatic carbocycles. The molecule has 0 saturated heterocycles. The normalized spacial score (nSPS) is 13.5. The third kappa shape index (κ3) is 4.62. The van der Waals surface area contributed by atoms with E-state index in [0.29, 0.717) is 35.8 Å². The number of benzene rings is 1. The van der Waals surface area contributed by atoms with Crippen LogP contribution >= 0.6 is 11.8 Å². The monoisotopic (exact) mass is 363 g/mol. The van der Waals surface area contributed by atoms with Crippen LogP contribution < -0.4 is 14.8 Å².